The maximum atomic E-state index is 11.2. The van der Waals surface area contributed by atoms with Crippen LogP contribution < -0.4 is 10.9 Å². The number of nitrogens with zero attached hydrogens (tertiary/aromatic N) is 1. The van der Waals surface area contributed by atoms with Crippen LogP contribution in [0.2, 0.25) is 0 Å². The molecule has 0 fully saturated rings. The van der Waals surface area contributed by atoms with E-state index in [1.165, 1.54) is 6.33 Å². The Morgan fingerprint density at radius 2 is 2.27 bits per heavy atom. The molecule has 0 aliphatic heterocycles. The van der Waals surface area contributed by atoms with Gasteiger partial charge in [0.1, 0.15) is 10.3 Å². The number of rotatable bonds is 6. The van der Waals surface area contributed by atoms with Crippen molar-refractivity contribution in [3.8, 4) is 0 Å². The van der Waals surface area contributed by atoms with E-state index in [1.807, 2.05) is 0 Å². The summed E-state index contributed by atoms with van der Waals surface area (Å²) in [6, 6.07) is 0. The molecule has 0 atom stereocenters. The summed E-state index contributed by atoms with van der Waals surface area (Å²) in [4.78, 5) is 17.6. The highest BCUT2D eigenvalue weighted by Crippen LogP contribution is 2.12. The average molecular weight is 276 g/mol. The van der Waals surface area contributed by atoms with E-state index in [2.05, 4.69) is 31.2 Å². The topological polar surface area (TPSA) is 78.0 Å². The van der Waals surface area contributed by atoms with E-state index < -0.39 is 0 Å². The normalized spacial score (nSPS) is 10.3. The first-order chi connectivity index (χ1) is 7.25. The maximum Gasteiger partial charge on any atom is 0.267 e. The zero-order valence-corrected chi connectivity index (χ0v) is 9.88. The first kappa shape index (κ1) is 12.2. The Labute approximate surface area is 96.1 Å². The van der Waals surface area contributed by atoms with Gasteiger partial charge in [0, 0.05) is 13.2 Å². The molecule has 1 rings (SSSR count). The molecule has 1 aromatic heterocycles. The molecule has 0 aromatic carbocycles. The van der Waals surface area contributed by atoms with Crippen molar-refractivity contribution in [3.63, 3.8) is 0 Å². The van der Waals surface area contributed by atoms with Gasteiger partial charge in [-0.3, -0.25) is 4.79 Å². The molecule has 15 heavy (non-hydrogen) atoms. The lowest BCUT2D eigenvalue weighted by molar-refractivity contribution is 0.283. The fraction of sp³-hybridized carbons (Fsp3) is 0.556. The van der Waals surface area contributed by atoms with Crippen LogP contribution in [0, 0.1) is 0 Å². The molecule has 84 valence electrons. The molecule has 0 aliphatic rings. The first-order valence-corrected chi connectivity index (χ1v) is 5.63. The van der Waals surface area contributed by atoms with Gasteiger partial charge in [0.05, 0.1) is 6.33 Å². The summed E-state index contributed by atoms with van der Waals surface area (Å²) in [6.45, 7) is 0.974. The zero-order chi connectivity index (χ0) is 11.1. The van der Waals surface area contributed by atoms with Crippen LogP contribution in [0.15, 0.2) is 15.6 Å². The minimum absolute atomic E-state index is 0.192. The van der Waals surface area contributed by atoms with Crippen molar-refractivity contribution in [1.29, 1.82) is 0 Å². The largest absolute Gasteiger partial charge is 0.396 e. The predicted octanol–water partition coefficient (Wildman–Crippen LogP) is 1.11. The predicted molar refractivity (Wildman–Crippen MR) is 62.0 cm³/mol. The van der Waals surface area contributed by atoms with Crippen molar-refractivity contribution in [3.05, 3.63) is 21.2 Å². The number of aromatic amines is 1. The Bertz CT molecular complexity index is 353. The summed E-state index contributed by atoms with van der Waals surface area (Å²) < 4.78 is 0.423. The molecule has 0 saturated carbocycles. The average Bonchev–Trinajstić information content (AvgIpc) is 2.24. The van der Waals surface area contributed by atoms with Gasteiger partial charge in [-0.15, -0.1) is 0 Å². The number of hydrogen-bond donors (Lipinski definition) is 3. The number of H-pyrrole nitrogens is 1. The highest BCUT2D eigenvalue weighted by Gasteiger charge is 2.03. The van der Waals surface area contributed by atoms with Crippen molar-refractivity contribution in [1.82, 2.24) is 9.97 Å². The summed E-state index contributed by atoms with van der Waals surface area (Å²) in [5, 5.41) is 11.6. The molecule has 5 nitrogen and oxygen atoms in total. The number of halogens is 1. The summed E-state index contributed by atoms with van der Waals surface area (Å²) in [5.41, 5.74) is -0.192. The molecule has 0 amide bonds. The number of nitrogens with one attached hydrogen (secondary N) is 2. The summed E-state index contributed by atoms with van der Waals surface area (Å²) in [5.74, 6) is 0.558. The van der Waals surface area contributed by atoms with Gasteiger partial charge in [-0.05, 0) is 35.2 Å². The number of anilines is 1. The van der Waals surface area contributed by atoms with Crippen molar-refractivity contribution >= 4 is 21.7 Å². The Morgan fingerprint density at radius 3 is 3.00 bits per heavy atom. The minimum Gasteiger partial charge on any atom is -0.396 e. The fourth-order valence-electron chi connectivity index (χ4n) is 1.13. The van der Waals surface area contributed by atoms with Crippen LogP contribution in [0.5, 0.6) is 0 Å². The molecule has 0 aliphatic carbocycles. The van der Waals surface area contributed by atoms with Gasteiger partial charge in [0.25, 0.3) is 5.56 Å². The van der Waals surface area contributed by atoms with E-state index in [-0.39, 0.29) is 12.2 Å². The van der Waals surface area contributed by atoms with Gasteiger partial charge < -0.3 is 15.4 Å². The molecular weight excluding hydrogens is 262 g/mol. The highest BCUT2D eigenvalue weighted by molar-refractivity contribution is 9.10. The smallest absolute Gasteiger partial charge is 0.267 e. The molecule has 1 heterocycles. The maximum absolute atomic E-state index is 11.2. The molecule has 0 radical (unpaired) electrons. The zero-order valence-electron chi connectivity index (χ0n) is 8.29. The van der Waals surface area contributed by atoms with Crippen molar-refractivity contribution < 1.29 is 5.11 Å². The number of unbranched alkanes of at least 4 members (excludes halogenated alkanes) is 2. The van der Waals surface area contributed by atoms with E-state index in [4.69, 9.17) is 5.11 Å². The number of aliphatic hydroxyl groups is 1. The Hall–Kier alpha value is -0.880. The molecule has 3 N–H and O–H groups in total. The van der Waals surface area contributed by atoms with Crippen LogP contribution in [0.3, 0.4) is 0 Å². The minimum atomic E-state index is -0.192. The van der Waals surface area contributed by atoms with Crippen LogP contribution >= 0.6 is 15.9 Å². The second-order valence-electron chi connectivity index (χ2n) is 3.11. The second-order valence-corrected chi connectivity index (χ2v) is 3.90. The molecule has 1 aromatic rings. The van der Waals surface area contributed by atoms with Crippen LogP contribution in [-0.2, 0) is 0 Å². The third kappa shape index (κ3) is 4.01. The quantitative estimate of drug-likeness (QED) is 0.680. The number of aromatic nitrogens is 2. The van der Waals surface area contributed by atoms with Gasteiger partial charge in [0.15, 0.2) is 0 Å². The van der Waals surface area contributed by atoms with Gasteiger partial charge >= 0.3 is 0 Å². The lowest BCUT2D eigenvalue weighted by atomic mass is 10.2. The van der Waals surface area contributed by atoms with Crippen LogP contribution in [0.1, 0.15) is 19.3 Å². The van der Waals surface area contributed by atoms with Crippen molar-refractivity contribution in [2.24, 2.45) is 0 Å². The van der Waals surface area contributed by atoms with E-state index in [9.17, 15) is 4.79 Å². The van der Waals surface area contributed by atoms with Crippen molar-refractivity contribution in [2.75, 3.05) is 18.5 Å². The molecule has 6 heteroatoms. The van der Waals surface area contributed by atoms with E-state index in [0.29, 0.717) is 10.3 Å². The van der Waals surface area contributed by atoms with Crippen molar-refractivity contribution in [2.45, 2.75) is 19.3 Å². The monoisotopic (exact) mass is 275 g/mol. The summed E-state index contributed by atoms with van der Waals surface area (Å²) >= 11 is 3.15. The molecule has 0 bridgehead atoms. The Balaban J connectivity index is 2.38. The lowest BCUT2D eigenvalue weighted by Crippen LogP contribution is -2.12. The number of hydrogen-bond acceptors (Lipinski definition) is 4. The SMILES string of the molecule is O=c1[nH]cnc(NCCCCCO)c1Br. The molecule has 0 spiro atoms. The molecular formula is C9H14BrN3O2. The van der Waals surface area contributed by atoms with Crippen LogP contribution in [0.25, 0.3) is 0 Å². The van der Waals surface area contributed by atoms with E-state index in [0.717, 1.165) is 25.8 Å². The highest BCUT2D eigenvalue weighted by atomic mass is 79.9. The Kier molecular flexibility index (Phi) is 5.34. The standard InChI is InChI=1S/C9H14BrN3O2/c10-7-8(12-6-13-9(7)15)11-4-2-1-3-5-14/h6,14H,1-5H2,(H2,11,12,13,15). The van der Waals surface area contributed by atoms with E-state index >= 15 is 0 Å². The van der Waals surface area contributed by atoms with Gasteiger partial charge in [-0.1, -0.05) is 0 Å². The number of aliphatic hydroxyl groups excluding tert-OH is 1. The third-order valence-corrected chi connectivity index (χ3v) is 2.66. The summed E-state index contributed by atoms with van der Waals surface area (Å²) in [6.07, 6.45) is 4.08. The van der Waals surface area contributed by atoms with Gasteiger partial charge in [-0.2, -0.15) is 0 Å². The van der Waals surface area contributed by atoms with Crippen LogP contribution in [-0.4, -0.2) is 28.2 Å². The lowest BCUT2D eigenvalue weighted by Gasteiger charge is -2.05. The van der Waals surface area contributed by atoms with Gasteiger partial charge in [0.2, 0.25) is 0 Å². The first-order valence-electron chi connectivity index (χ1n) is 4.83. The third-order valence-electron chi connectivity index (χ3n) is 1.92. The molecule has 0 unspecified atom stereocenters. The van der Waals surface area contributed by atoms with Crippen LogP contribution in [0.4, 0.5) is 5.82 Å². The van der Waals surface area contributed by atoms with E-state index in [1.54, 1.807) is 0 Å². The fourth-order valence-corrected chi connectivity index (χ4v) is 1.48. The summed E-state index contributed by atoms with van der Waals surface area (Å²) in [7, 11) is 0. The second kappa shape index (κ2) is 6.58. The molecule has 0 saturated heterocycles. The Morgan fingerprint density at radius 1 is 1.47 bits per heavy atom. The van der Waals surface area contributed by atoms with Gasteiger partial charge in [-0.25, -0.2) is 4.98 Å².